The number of aryl methyl sites for hydroxylation is 2. The lowest BCUT2D eigenvalue weighted by Gasteiger charge is -2.33. The SMILES string of the molecule is CC1(C)CCc2cccc(CCC=O)c2O1. The number of rotatable bonds is 3. The molecule has 0 amide bonds. The number of aldehydes is 1. The molecule has 0 aliphatic carbocycles. The Kier molecular flexibility index (Phi) is 2.99. The number of para-hydroxylation sites is 1. The Balaban J connectivity index is 2.30. The number of hydrogen-bond acceptors (Lipinski definition) is 2. The molecule has 0 aromatic heterocycles. The third kappa shape index (κ3) is 2.26. The van der Waals surface area contributed by atoms with E-state index in [1.165, 1.54) is 5.56 Å². The van der Waals surface area contributed by atoms with E-state index in [0.717, 1.165) is 36.9 Å². The Bertz CT molecular complexity index is 394. The lowest BCUT2D eigenvalue weighted by molar-refractivity contribution is -0.107. The molecule has 0 atom stereocenters. The van der Waals surface area contributed by atoms with Crippen LogP contribution >= 0.6 is 0 Å². The lowest BCUT2D eigenvalue weighted by atomic mass is 9.92. The summed E-state index contributed by atoms with van der Waals surface area (Å²) in [5.74, 6) is 1.01. The highest BCUT2D eigenvalue weighted by Crippen LogP contribution is 2.36. The quantitative estimate of drug-likeness (QED) is 0.729. The monoisotopic (exact) mass is 218 g/mol. The van der Waals surface area contributed by atoms with E-state index in [1.807, 2.05) is 0 Å². The van der Waals surface area contributed by atoms with Crippen LogP contribution in [-0.2, 0) is 17.6 Å². The topological polar surface area (TPSA) is 26.3 Å². The molecule has 1 aliphatic heterocycles. The first-order valence-corrected chi connectivity index (χ1v) is 5.86. The third-order valence-corrected chi connectivity index (χ3v) is 3.08. The van der Waals surface area contributed by atoms with Crippen LogP contribution in [0.1, 0.15) is 37.8 Å². The van der Waals surface area contributed by atoms with E-state index < -0.39 is 0 Å². The molecule has 2 heteroatoms. The van der Waals surface area contributed by atoms with Crippen molar-refractivity contribution < 1.29 is 9.53 Å². The molecular weight excluding hydrogens is 200 g/mol. The average Bonchev–Trinajstić information content (AvgIpc) is 2.25. The van der Waals surface area contributed by atoms with E-state index >= 15 is 0 Å². The second kappa shape index (κ2) is 4.28. The van der Waals surface area contributed by atoms with Crippen LogP contribution in [0.4, 0.5) is 0 Å². The smallest absolute Gasteiger partial charge is 0.126 e. The minimum absolute atomic E-state index is 0.0791. The number of carbonyl (C=O) groups is 1. The predicted octanol–water partition coefficient (Wildman–Crippen LogP) is 2.92. The van der Waals surface area contributed by atoms with Crippen LogP contribution in [-0.4, -0.2) is 11.9 Å². The maximum Gasteiger partial charge on any atom is 0.126 e. The van der Waals surface area contributed by atoms with E-state index in [4.69, 9.17) is 4.74 Å². The summed E-state index contributed by atoms with van der Waals surface area (Å²) < 4.78 is 6.03. The van der Waals surface area contributed by atoms with Crippen LogP contribution in [0.25, 0.3) is 0 Å². The summed E-state index contributed by atoms with van der Waals surface area (Å²) in [5.41, 5.74) is 2.37. The Hall–Kier alpha value is -1.31. The first kappa shape index (κ1) is 11.2. The number of carbonyl (C=O) groups excluding carboxylic acids is 1. The summed E-state index contributed by atoms with van der Waals surface area (Å²) in [4.78, 5) is 10.4. The number of hydrogen-bond donors (Lipinski definition) is 0. The van der Waals surface area contributed by atoms with Gasteiger partial charge in [-0.05, 0) is 44.2 Å². The molecule has 0 N–H and O–H groups in total. The van der Waals surface area contributed by atoms with E-state index in [1.54, 1.807) is 0 Å². The minimum Gasteiger partial charge on any atom is -0.487 e. The molecule has 86 valence electrons. The average molecular weight is 218 g/mol. The van der Waals surface area contributed by atoms with Crippen LogP contribution in [0.2, 0.25) is 0 Å². The highest BCUT2D eigenvalue weighted by atomic mass is 16.5. The second-order valence-electron chi connectivity index (χ2n) is 4.97. The van der Waals surface area contributed by atoms with Crippen molar-refractivity contribution in [3.8, 4) is 5.75 Å². The largest absolute Gasteiger partial charge is 0.487 e. The molecule has 2 nitrogen and oxygen atoms in total. The van der Waals surface area contributed by atoms with Gasteiger partial charge in [-0.3, -0.25) is 0 Å². The maximum absolute atomic E-state index is 10.4. The van der Waals surface area contributed by atoms with Crippen LogP contribution in [0.15, 0.2) is 18.2 Å². The van der Waals surface area contributed by atoms with Gasteiger partial charge in [0.05, 0.1) is 0 Å². The number of fused-ring (bicyclic) bond motifs is 1. The van der Waals surface area contributed by atoms with Crippen molar-refractivity contribution in [2.75, 3.05) is 0 Å². The summed E-state index contributed by atoms with van der Waals surface area (Å²) in [5, 5.41) is 0. The summed E-state index contributed by atoms with van der Waals surface area (Å²) >= 11 is 0. The molecule has 0 saturated carbocycles. The zero-order valence-electron chi connectivity index (χ0n) is 9.95. The molecule has 0 saturated heterocycles. The van der Waals surface area contributed by atoms with Crippen LogP contribution < -0.4 is 4.74 Å². The van der Waals surface area contributed by atoms with Crippen molar-refractivity contribution in [1.29, 1.82) is 0 Å². The summed E-state index contributed by atoms with van der Waals surface area (Å²) in [6, 6.07) is 6.24. The molecule has 1 aliphatic rings. The van der Waals surface area contributed by atoms with Crippen LogP contribution in [0.5, 0.6) is 5.75 Å². The highest BCUT2D eigenvalue weighted by molar-refractivity contribution is 5.52. The van der Waals surface area contributed by atoms with E-state index in [-0.39, 0.29) is 5.60 Å². The van der Waals surface area contributed by atoms with Crippen molar-refractivity contribution in [2.45, 2.75) is 45.1 Å². The molecule has 2 rings (SSSR count). The zero-order valence-corrected chi connectivity index (χ0v) is 9.95. The fourth-order valence-electron chi connectivity index (χ4n) is 2.14. The highest BCUT2D eigenvalue weighted by Gasteiger charge is 2.27. The molecule has 1 aromatic rings. The first-order valence-electron chi connectivity index (χ1n) is 5.86. The number of ether oxygens (including phenoxy) is 1. The van der Waals surface area contributed by atoms with Gasteiger partial charge in [-0.1, -0.05) is 18.2 Å². The van der Waals surface area contributed by atoms with Gasteiger partial charge < -0.3 is 9.53 Å². The Morgan fingerprint density at radius 2 is 2.25 bits per heavy atom. The van der Waals surface area contributed by atoms with Gasteiger partial charge in [0, 0.05) is 6.42 Å². The zero-order chi connectivity index (χ0) is 11.6. The predicted molar refractivity (Wildman–Crippen MR) is 63.9 cm³/mol. The van der Waals surface area contributed by atoms with Crippen LogP contribution in [0.3, 0.4) is 0 Å². The van der Waals surface area contributed by atoms with Crippen molar-refractivity contribution in [3.63, 3.8) is 0 Å². The molecule has 1 heterocycles. The molecule has 1 aromatic carbocycles. The fraction of sp³-hybridized carbons (Fsp3) is 0.500. The van der Waals surface area contributed by atoms with Crippen molar-refractivity contribution >= 4 is 6.29 Å². The van der Waals surface area contributed by atoms with Crippen molar-refractivity contribution in [3.05, 3.63) is 29.3 Å². The van der Waals surface area contributed by atoms with Gasteiger partial charge in [-0.25, -0.2) is 0 Å². The van der Waals surface area contributed by atoms with E-state index in [0.29, 0.717) is 6.42 Å². The Morgan fingerprint density at radius 3 is 3.00 bits per heavy atom. The Morgan fingerprint density at radius 1 is 1.44 bits per heavy atom. The molecular formula is C14H18O2. The van der Waals surface area contributed by atoms with Crippen molar-refractivity contribution in [1.82, 2.24) is 0 Å². The molecule has 0 spiro atoms. The first-order chi connectivity index (χ1) is 7.62. The fourth-order valence-corrected chi connectivity index (χ4v) is 2.14. The molecule has 0 radical (unpaired) electrons. The van der Waals surface area contributed by atoms with Gasteiger partial charge in [0.1, 0.15) is 17.6 Å². The standard InChI is InChI=1S/C14H18O2/c1-14(2)9-8-12-6-3-5-11(7-4-10-15)13(12)16-14/h3,5-6,10H,4,7-9H2,1-2H3. The van der Waals surface area contributed by atoms with Gasteiger partial charge in [0.2, 0.25) is 0 Å². The normalized spacial score (nSPS) is 17.4. The molecule has 0 fully saturated rings. The van der Waals surface area contributed by atoms with E-state index in [2.05, 4.69) is 32.0 Å². The van der Waals surface area contributed by atoms with Gasteiger partial charge in [-0.2, -0.15) is 0 Å². The van der Waals surface area contributed by atoms with Gasteiger partial charge in [0.25, 0.3) is 0 Å². The second-order valence-corrected chi connectivity index (χ2v) is 4.97. The van der Waals surface area contributed by atoms with Gasteiger partial charge in [-0.15, -0.1) is 0 Å². The lowest BCUT2D eigenvalue weighted by Crippen LogP contribution is -2.33. The van der Waals surface area contributed by atoms with Gasteiger partial charge in [0.15, 0.2) is 0 Å². The summed E-state index contributed by atoms with van der Waals surface area (Å²) in [7, 11) is 0. The molecule has 16 heavy (non-hydrogen) atoms. The summed E-state index contributed by atoms with van der Waals surface area (Å²) in [6.07, 6.45) is 4.44. The minimum atomic E-state index is -0.0791. The third-order valence-electron chi connectivity index (χ3n) is 3.08. The maximum atomic E-state index is 10.4. The Labute approximate surface area is 96.6 Å². The molecule has 0 bridgehead atoms. The molecule has 0 unspecified atom stereocenters. The van der Waals surface area contributed by atoms with Gasteiger partial charge >= 0.3 is 0 Å². The van der Waals surface area contributed by atoms with Crippen LogP contribution in [0, 0.1) is 0 Å². The van der Waals surface area contributed by atoms with E-state index in [9.17, 15) is 4.79 Å². The number of benzene rings is 1. The van der Waals surface area contributed by atoms with Crippen molar-refractivity contribution in [2.24, 2.45) is 0 Å². The summed E-state index contributed by atoms with van der Waals surface area (Å²) in [6.45, 7) is 4.24.